The van der Waals surface area contributed by atoms with Gasteiger partial charge in [-0.2, -0.15) is 11.8 Å². The summed E-state index contributed by atoms with van der Waals surface area (Å²) in [4.78, 5) is 34.8. The summed E-state index contributed by atoms with van der Waals surface area (Å²) in [7, 11) is 0. The number of anilines is 1. The van der Waals surface area contributed by atoms with E-state index in [-0.39, 0.29) is 0 Å². The van der Waals surface area contributed by atoms with Gasteiger partial charge in [0, 0.05) is 4.47 Å². The number of benzene rings is 1. The Morgan fingerprint density at radius 2 is 2.08 bits per heavy atom. The third-order valence-corrected chi connectivity index (χ3v) is 4.26. The van der Waals surface area contributed by atoms with E-state index in [4.69, 9.17) is 10.5 Å². The maximum atomic E-state index is 12.0. The van der Waals surface area contributed by atoms with Gasteiger partial charge in [-0.15, -0.1) is 0 Å². The van der Waals surface area contributed by atoms with Crippen molar-refractivity contribution >= 4 is 51.3 Å². The quantitative estimate of drug-likeness (QED) is 0.560. The number of amides is 3. The van der Waals surface area contributed by atoms with Crippen molar-refractivity contribution < 1.29 is 19.1 Å². The van der Waals surface area contributed by atoms with Crippen molar-refractivity contribution in [3.63, 3.8) is 0 Å². The van der Waals surface area contributed by atoms with Crippen molar-refractivity contribution in [2.75, 3.05) is 23.9 Å². The first kappa shape index (κ1) is 20.3. The molecule has 0 bridgehead atoms. The van der Waals surface area contributed by atoms with Crippen LogP contribution in [0.15, 0.2) is 22.7 Å². The normalized spacial score (nSPS) is 11.5. The van der Waals surface area contributed by atoms with Crippen LogP contribution in [0, 0.1) is 6.92 Å². The summed E-state index contributed by atoms with van der Waals surface area (Å²) in [6.45, 7) is 1.48. The highest BCUT2D eigenvalue weighted by Gasteiger charge is 2.22. The molecular weight excluding hydrogens is 398 g/mol. The molecule has 0 aliphatic heterocycles. The number of nitrogens with one attached hydrogen (secondary N) is 2. The van der Waals surface area contributed by atoms with Crippen molar-refractivity contribution in [3.05, 3.63) is 28.2 Å². The van der Waals surface area contributed by atoms with Crippen LogP contribution in [0.5, 0.6) is 0 Å². The zero-order valence-electron chi connectivity index (χ0n) is 13.4. The fourth-order valence-electron chi connectivity index (χ4n) is 1.80. The molecule has 1 rings (SSSR count). The number of primary amides is 1. The third kappa shape index (κ3) is 7.22. The number of aryl methyl sites for hydroxylation is 1. The first-order chi connectivity index (χ1) is 11.3. The summed E-state index contributed by atoms with van der Waals surface area (Å²) < 4.78 is 5.69. The Hall–Kier alpha value is -1.74. The van der Waals surface area contributed by atoms with Gasteiger partial charge in [-0.1, -0.05) is 6.07 Å². The molecule has 0 spiro atoms. The Bertz CT molecular complexity index is 612. The van der Waals surface area contributed by atoms with Crippen LogP contribution in [0.2, 0.25) is 0 Å². The second kappa shape index (κ2) is 10.2. The van der Waals surface area contributed by atoms with E-state index in [0.29, 0.717) is 17.9 Å². The van der Waals surface area contributed by atoms with Crippen LogP contribution >= 0.6 is 27.7 Å². The molecule has 0 aliphatic rings. The molecule has 3 amide bonds. The number of carbonyl (C=O) groups excluding carboxylic acids is 3. The van der Waals surface area contributed by atoms with Gasteiger partial charge in [0.05, 0.1) is 5.69 Å². The molecule has 9 heteroatoms. The Labute approximate surface area is 153 Å². The van der Waals surface area contributed by atoms with Crippen molar-refractivity contribution in [2.45, 2.75) is 19.4 Å². The topological polar surface area (TPSA) is 111 Å². The molecule has 0 saturated heterocycles. The number of esters is 1. The number of thioether (sulfide) groups is 1. The molecule has 0 radical (unpaired) electrons. The second-order valence-corrected chi connectivity index (χ2v) is 6.82. The highest BCUT2D eigenvalue weighted by Crippen LogP contribution is 2.23. The number of urea groups is 1. The Kier molecular flexibility index (Phi) is 8.62. The third-order valence-electron chi connectivity index (χ3n) is 2.96. The van der Waals surface area contributed by atoms with Gasteiger partial charge in [0.25, 0.3) is 5.91 Å². The number of rotatable bonds is 8. The molecule has 24 heavy (non-hydrogen) atoms. The minimum atomic E-state index is -0.867. The molecule has 1 atom stereocenters. The van der Waals surface area contributed by atoms with E-state index in [0.717, 1.165) is 10.0 Å². The predicted octanol–water partition coefficient (Wildman–Crippen LogP) is 2.03. The Morgan fingerprint density at radius 1 is 1.38 bits per heavy atom. The zero-order chi connectivity index (χ0) is 18.1. The molecule has 1 aromatic rings. The first-order valence-electron chi connectivity index (χ1n) is 7.11. The zero-order valence-corrected chi connectivity index (χ0v) is 15.8. The molecule has 4 N–H and O–H groups in total. The number of hydrogen-bond donors (Lipinski definition) is 3. The average Bonchev–Trinajstić information content (AvgIpc) is 2.51. The van der Waals surface area contributed by atoms with Gasteiger partial charge >= 0.3 is 12.0 Å². The molecule has 0 aliphatic carbocycles. The maximum Gasteiger partial charge on any atom is 0.329 e. The largest absolute Gasteiger partial charge is 0.454 e. The maximum absolute atomic E-state index is 12.0. The van der Waals surface area contributed by atoms with E-state index in [2.05, 4.69) is 26.6 Å². The molecule has 0 fully saturated rings. The Morgan fingerprint density at radius 3 is 2.67 bits per heavy atom. The van der Waals surface area contributed by atoms with Gasteiger partial charge in [0.2, 0.25) is 0 Å². The van der Waals surface area contributed by atoms with Crippen LogP contribution in [0.1, 0.15) is 12.0 Å². The number of hydrogen-bond acceptors (Lipinski definition) is 5. The molecule has 1 aromatic carbocycles. The van der Waals surface area contributed by atoms with E-state index in [1.807, 2.05) is 25.3 Å². The number of carbonyl (C=O) groups is 3. The highest BCUT2D eigenvalue weighted by atomic mass is 79.9. The van der Waals surface area contributed by atoms with Crippen LogP contribution in [0.25, 0.3) is 0 Å². The molecule has 0 saturated carbocycles. The first-order valence-corrected chi connectivity index (χ1v) is 9.29. The SMILES string of the molecule is CSCC[C@@H](NC(N)=O)C(=O)OCC(=O)Nc1ccc(C)cc1Br. The van der Waals surface area contributed by atoms with Gasteiger partial charge < -0.3 is 21.1 Å². The van der Waals surface area contributed by atoms with Gasteiger partial charge in [0.15, 0.2) is 6.61 Å². The molecular formula is C15H20BrN3O4S. The molecule has 7 nitrogen and oxygen atoms in total. The minimum absolute atomic E-state index is 0.369. The smallest absolute Gasteiger partial charge is 0.329 e. The summed E-state index contributed by atoms with van der Waals surface area (Å²) in [6.07, 6.45) is 2.24. The minimum Gasteiger partial charge on any atom is -0.454 e. The lowest BCUT2D eigenvalue weighted by molar-refractivity contribution is -0.149. The Balaban J connectivity index is 2.54. The fourth-order valence-corrected chi connectivity index (χ4v) is 2.87. The number of ether oxygens (including phenoxy) is 1. The summed E-state index contributed by atoms with van der Waals surface area (Å²) in [6, 6.07) is 3.77. The lowest BCUT2D eigenvalue weighted by atomic mass is 10.2. The van der Waals surface area contributed by atoms with Crippen LogP contribution in [-0.2, 0) is 14.3 Å². The predicted molar refractivity (Wildman–Crippen MR) is 98.0 cm³/mol. The lowest BCUT2D eigenvalue weighted by Gasteiger charge is -2.16. The average molecular weight is 418 g/mol. The van der Waals surface area contributed by atoms with E-state index in [1.165, 1.54) is 11.8 Å². The van der Waals surface area contributed by atoms with Crippen LogP contribution in [0.4, 0.5) is 10.5 Å². The highest BCUT2D eigenvalue weighted by molar-refractivity contribution is 9.10. The molecule has 0 aromatic heterocycles. The monoisotopic (exact) mass is 417 g/mol. The number of halogens is 1. The molecule has 0 unspecified atom stereocenters. The molecule has 0 heterocycles. The van der Waals surface area contributed by atoms with Gasteiger partial charge in [0.1, 0.15) is 6.04 Å². The molecule has 132 valence electrons. The van der Waals surface area contributed by atoms with Gasteiger partial charge in [-0.3, -0.25) is 4.79 Å². The summed E-state index contributed by atoms with van der Waals surface area (Å²) >= 11 is 4.87. The fraction of sp³-hybridized carbons (Fsp3) is 0.400. The van der Waals surface area contributed by atoms with Crippen LogP contribution in [0.3, 0.4) is 0 Å². The summed E-state index contributed by atoms with van der Waals surface area (Å²) in [5.74, 6) is -0.528. The van der Waals surface area contributed by atoms with Crippen molar-refractivity contribution in [1.29, 1.82) is 0 Å². The standard InChI is InChI=1S/C15H20BrN3O4S/c1-9-3-4-11(10(16)7-9)18-13(20)8-23-14(21)12(5-6-24-2)19-15(17)22/h3-4,7,12H,5-6,8H2,1-2H3,(H,18,20)(H3,17,19,22)/t12-/m1/s1. The van der Waals surface area contributed by atoms with E-state index >= 15 is 0 Å². The van der Waals surface area contributed by atoms with Crippen LogP contribution in [-0.4, -0.2) is 42.6 Å². The van der Waals surface area contributed by atoms with E-state index in [1.54, 1.807) is 6.07 Å². The number of nitrogens with two attached hydrogens (primary N) is 1. The van der Waals surface area contributed by atoms with E-state index in [9.17, 15) is 14.4 Å². The second-order valence-electron chi connectivity index (χ2n) is 4.98. The van der Waals surface area contributed by atoms with Crippen LogP contribution < -0.4 is 16.4 Å². The van der Waals surface area contributed by atoms with Gasteiger partial charge in [-0.25, -0.2) is 9.59 Å². The van der Waals surface area contributed by atoms with Crippen molar-refractivity contribution in [1.82, 2.24) is 5.32 Å². The van der Waals surface area contributed by atoms with E-state index < -0.39 is 30.6 Å². The van der Waals surface area contributed by atoms with Crippen molar-refractivity contribution in [2.24, 2.45) is 5.73 Å². The summed E-state index contributed by atoms with van der Waals surface area (Å²) in [5.41, 5.74) is 6.66. The lowest BCUT2D eigenvalue weighted by Crippen LogP contribution is -2.45. The van der Waals surface area contributed by atoms with Gasteiger partial charge in [-0.05, 0) is 59.0 Å². The summed E-state index contributed by atoms with van der Waals surface area (Å²) in [5, 5.41) is 4.95. The van der Waals surface area contributed by atoms with Crippen molar-refractivity contribution in [3.8, 4) is 0 Å².